The Kier molecular flexibility index (Phi) is 7.34. The van der Waals surface area contributed by atoms with Gasteiger partial charge in [-0.1, -0.05) is 0 Å². The summed E-state index contributed by atoms with van der Waals surface area (Å²) in [7, 11) is 0. The van der Waals surface area contributed by atoms with E-state index in [9.17, 15) is 24.5 Å². The lowest BCUT2D eigenvalue weighted by molar-refractivity contribution is -0.384. The minimum Gasteiger partial charge on any atom is -0.466 e. The summed E-state index contributed by atoms with van der Waals surface area (Å²) in [6, 6.07) is 3.63. The first-order chi connectivity index (χ1) is 11.4. The Bertz CT molecular complexity index is 613. The summed E-state index contributed by atoms with van der Waals surface area (Å²) >= 11 is 0. The quantitative estimate of drug-likeness (QED) is 0.429. The highest BCUT2D eigenvalue weighted by molar-refractivity contribution is 5.97. The molecule has 0 aliphatic heterocycles. The second-order valence-electron chi connectivity index (χ2n) is 4.59. The number of carbonyl (C=O) groups excluding carboxylic acids is 3. The van der Waals surface area contributed by atoms with Crippen LogP contribution in [0, 0.1) is 10.1 Å². The smallest absolute Gasteiger partial charge is 0.329 e. The molecule has 1 rings (SSSR count). The lowest BCUT2D eigenvalue weighted by Crippen LogP contribution is -2.43. The number of non-ortho nitro benzene ring substituents is 1. The summed E-state index contributed by atoms with van der Waals surface area (Å²) in [6.07, 6.45) is -0.370. The van der Waals surface area contributed by atoms with Crippen molar-refractivity contribution in [2.75, 3.05) is 13.2 Å². The zero-order chi connectivity index (χ0) is 18.1. The number of esters is 2. The van der Waals surface area contributed by atoms with Crippen molar-refractivity contribution in [3.8, 4) is 0 Å². The molecule has 1 amide bonds. The molecule has 9 heteroatoms. The monoisotopic (exact) mass is 338 g/mol. The van der Waals surface area contributed by atoms with Crippen LogP contribution in [-0.4, -0.2) is 42.0 Å². The van der Waals surface area contributed by atoms with Gasteiger partial charge in [-0.15, -0.1) is 0 Å². The predicted octanol–water partition coefficient (Wildman–Crippen LogP) is 1.21. The zero-order valence-electron chi connectivity index (χ0n) is 13.3. The van der Waals surface area contributed by atoms with E-state index >= 15 is 0 Å². The molecule has 0 aliphatic rings. The Morgan fingerprint density at radius 3 is 2.21 bits per heavy atom. The van der Waals surface area contributed by atoms with E-state index in [1.807, 2.05) is 0 Å². The molecule has 1 N–H and O–H groups in total. The van der Waals surface area contributed by atoms with Gasteiger partial charge in [0.05, 0.1) is 24.6 Å². The van der Waals surface area contributed by atoms with E-state index in [1.54, 1.807) is 13.8 Å². The number of rotatable bonds is 8. The Balaban J connectivity index is 2.83. The molecule has 130 valence electrons. The number of benzene rings is 1. The van der Waals surface area contributed by atoms with Gasteiger partial charge in [0, 0.05) is 17.7 Å². The standard InChI is InChI=1S/C15H18N2O7/c1-3-23-13(18)9-12(15(20)24-4-2)16-14(19)10-5-7-11(8-6-10)17(21)22/h5-8,12H,3-4,9H2,1-2H3,(H,16,19). The minimum atomic E-state index is -1.20. The van der Waals surface area contributed by atoms with Crippen LogP contribution >= 0.6 is 0 Å². The van der Waals surface area contributed by atoms with Crippen LogP contribution in [0.25, 0.3) is 0 Å². The third-order valence-corrected chi connectivity index (χ3v) is 2.89. The number of ether oxygens (including phenoxy) is 2. The third kappa shape index (κ3) is 5.67. The van der Waals surface area contributed by atoms with Crippen molar-refractivity contribution in [1.29, 1.82) is 0 Å². The van der Waals surface area contributed by atoms with Crippen LogP contribution in [0.4, 0.5) is 5.69 Å². The van der Waals surface area contributed by atoms with Crippen molar-refractivity contribution in [1.82, 2.24) is 5.32 Å². The molecule has 9 nitrogen and oxygen atoms in total. The van der Waals surface area contributed by atoms with E-state index in [0.717, 1.165) is 0 Å². The Hall–Kier alpha value is -2.97. The first-order valence-corrected chi connectivity index (χ1v) is 7.26. The number of nitrogens with zero attached hydrogens (tertiary/aromatic N) is 1. The van der Waals surface area contributed by atoms with Crippen molar-refractivity contribution in [2.24, 2.45) is 0 Å². The molecular formula is C15H18N2O7. The van der Waals surface area contributed by atoms with Gasteiger partial charge < -0.3 is 14.8 Å². The van der Waals surface area contributed by atoms with Crippen LogP contribution in [0.3, 0.4) is 0 Å². The van der Waals surface area contributed by atoms with E-state index in [4.69, 9.17) is 9.47 Å². The first kappa shape index (κ1) is 19.1. The number of hydrogen-bond donors (Lipinski definition) is 1. The number of nitrogens with one attached hydrogen (secondary N) is 1. The van der Waals surface area contributed by atoms with Crippen LogP contribution in [0.1, 0.15) is 30.6 Å². The predicted molar refractivity (Wildman–Crippen MR) is 82.2 cm³/mol. The van der Waals surface area contributed by atoms with Crippen LogP contribution in [0.15, 0.2) is 24.3 Å². The van der Waals surface area contributed by atoms with Crippen LogP contribution < -0.4 is 5.32 Å². The van der Waals surface area contributed by atoms with Gasteiger partial charge in [-0.05, 0) is 26.0 Å². The Morgan fingerprint density at radius 1 is 1.12 bits per heavy atom. The molecule has 0 fully saturated rings. The van der Waals surface area contributed by atoms with Gasteiger partial charge in [0.15, 0.2) is 0 Å². The van der Waals surface area contributed by atoms with Crippen LogP contribution in [0.5, 0.6) is 0 Å². The van der Waals surface area contributed by atoms with Gasteiger partial charge in [0.1, 0.15) is 6.04 Å². The number of hydrogen-bond acceptors (Lipinski definition) is 7. The fourth-order valence-corrected chi connectivity index (χ4v) is 1.80. The molecular weight excluding hydrogens is 320 g/mol. The van der Waals surface area contributed by atoms with Crippen molar-refractivity contribution < 1.29 is 28.8 Å². The van der Waals surface area contributed by atoms with E-state index in [-0.39, 0.29) is 30.9 Å². The van der Waals surface area contributed by atoms with Gasteiger partial charge in [0.2, 0.25) is 0 Å². The first-order valence-electron chi connectivity index (χ1n) is 7.26. The van der Waals surface area contributed by atoms with E-state index in [2.05, 4.69) is 5.32 Å². The van der Waals surface area contributed by atoms with Crippen LogP contribution in [-0.2, 0) is 19.1 Å². The minimum absolute atomic E-state index is 0.0889. The molecule has 0 spiro atoms. The lowest BCUT2D eigenvalue weighted by atomic mass is 10.1. The summed E-state index contributed by atoms with van der Waals surface area (Å²) in [5.41, 5.74) is -0.0567. The van der Waals surface area contributed by atoms with Crippen molar-refractivity contribution in [2.45, 2.75) is 26.3 Å². The average Bonchev–Trinajstić information content (AvgIpc) is 2.54. The zero-order valence-corrected chi connectivity index (χ0v) is 13.3. The highest BCUT2D eigenvalue weighted by atomic mass is 16.6. The van der Waals surface area contributed by atoms with Gasteiger partial charge in [-0.2, -0.15) is 0 Å². The summed E-state index contributed by atoms with van der Waals surface area (Å²) in [4.78, 5) is 45.5. The van der Waals surface area contributed by atoms with Gasteiger partial charge in [0.25, 0.3) is 11.6 Å². The van der Waals surface area contributed by atoms with Gasteiger partial charge in [-0.3, -0.25) is 19.7 Å². The topological polar surface area (TPSA) is 125 Å². The number of nitro groups is 1. The summed E-state index contributed by atoms with van der Waals surface area (Å²) in [5, 5.41) is 13.0. The summed E-state index contributed by atoms with van der Waals surface area (Å²) in [5.74, 6) is -2.08. The fraction of sp³-hybridized carbons (Fsp3) is 0.400. The molecule has 0 bridgehead atoms. The maximum Gasteiger partial charge on any atom is 0.329 e. The van der Waals surface area contributed by atoms with E-state index in [1.165, 1.54) is 24.3 Å². The Morgan fingerprint density at radius 2 is 1.71 bits per heavy atom. The molecule has 1 aromatic rings. The fourth-order valence-electron chi connectivity index (χ4n) is 1.80. The molecule has 0 saturated heterocycles. The SMILES string of the molecule is CCOC(=O)CC(NC(=O)c1ccc([N+](=O)[O-])cc1)C(=O)OCC. The number of amides is 1. The molecule has 0 radical (unpaired) electrons. The van der Waals surface area contributed by atoms with Crippen molar-refractivity contribution in [3.05, 3.63) is 39.9 Å². The second-order valence-corrected chi connectivity index (χ2v) is 4.59. The summed E-state index contributed by atoms with van der Waals surface area (Å²) < 4.78 is 9.58. The molecule has 0 heterocycles. The van der Waals surface area contributed by atoms with Crippen molar-refractivity contribution >= 4 is 23.5 Å². The normalized spacial score (nSPS) is 11.2. The largest absolute Gasteiger partial charge is 0.466 e. The molecule has 0 aromatic heterocycles. The molecule has 0 aliphatic carbocycles. The molecule has 24 heavy (non-hydrogen) atoms. The summed E-state index contributed by atoms with van der Waals surface area (Å²) in [6.45, 7) is 3.44. The number of nitro benzene ring substituents is 1. The Labute approximate surface area is 138 Å². The van der Waals surface area contributed by atoms with E-state index in [0.29, 0.717) is 0 Å². The van der Waals surface area contributed by atoms with Crippen molar-refractivity contribution in [3.63, 3.8) is 0 Å². The molecule has 1 unspecified atom stereocenters. The molecule has 0 saturated carbocycles. The highest BCUT2D eigenvalue weighted by Gasteiger charge is 2.26. The van der Waals surface area contributed by atoms with Crippen LogP contribution in [0.2, 0.25) is 0 Å². The van der Waals surface area contributed by atoms with E-state index < -0.39 is 28.8 Å². The lowest BCUT2D eigenvalue weighted by Gasteiger charge is -2.16. The number of carbonyl (C=O) groups is 3. The third-order valence-electron chi connectivity index (χ3n) is 2.89. The van der Waals surface area contributed by atoms with Gasteiger partial charge in [-0.25, -0.2) is 4.79 Å². The van der Waals surface area contributed by atoms with Gasteiger partial charge >= 0.3 is 11.9 Å². The average molecular weight is 338 g/mol. The molecule has 1 aromatic carbocycles. The maximum absolute atomic E-state index is 12.1. The maximum atomic E-state index is 12.1. The highest BCUT2D eigenvalue weighted by Crippen LogP contribution is 2.12. The molecule has 1 atom stereocenters. The second kappa shape index (κ2) is 9.23.